The Balaban J connectivity index is 1.47. The average Bonchev–Trinajstić information content (AvgIpc) is 2.90. The van der Waals surface area contributed by atoms with Gasteiger partial charge in [-0.3, -0.25) is 9.69 Å². The zero-order valence-electron chi connectivity index (χ0n) is 13.5. The van der Waals surface area contributed by atoms with Crippen molar-refractivity contribution >= 4 is 11.6 Å². The second-order valence-electron chi connectivity index (χ2n) is 6.67. The Labute approximate surface area is 141 Å². The van der Waals surface area contributed by atoms with Gasteiger partial charge in [0.05, 0.1) is 17.0 Å². The fourth-order valence-electron chi connectivity index (χ4n) is 3.91. The summed E-state index contributed by atoms with van der Waals surface area (Å²) >= 11 is 0. The predicted octanol–water partition coefficient (Wildman–Crippen LogP) is 3.04. The number of carbonyl (C=O) groups is 1. The number of rotatable bonds is 2. The maximum atomic E-state index is 12.6. The van der Waals surface area contributed by atoms with Gasteiger partial charge in [-0.05, 0) is 55.3 Å². The number of nitrogens with one attached hydrogen (secondary N) is 1. The average molecular weight is 317 g/mol. The number of piperidine rings is 1. The molecule has 0 unspecified atom stereocenters. The van der Waals surface area contributed by atoms with Gasteiger partial charge in [-0.1, -0.05) is 30.3 Å². The van der Waals surface area contributed by atoms with E-state index in [0.717, 1.165) is 43.7 Å². The van der Waals surface area contributed by atoms with Gasteiger partial charge in [0.1, 0.15) is 0 Å². The van der Waals surface area contributed by atoms with Crippen molar-refractivity contribution in [2.75, 3.05) is 18.4 Å². The lowest BCUT2D eigenvalue weighted by Gasteiger charge is -2.38. The zero-order valence-corrected chi connectivity index (χ0v) is 13.5. The third-order valence-corrected chi connectivity index (χ3v) is 5.32. The van der Waals surface area contributed by atoms with Crippen molar-refractivity contribution in [3.05, 3.63) is 65.2 Å². The number of hydrogen-bond acceptors (Lipinski definition) is 3. The summed E-state index contributed by atoms with van der Waals surface area (Å²) in [5.41, 5.74) is 3.69. The molecule has 2 aliphatic heterocycles. The Bertz CT molecular complexity index is 812. The van der Waals surface area contributed by atoms with E-state index in [2.05, 4.69) is 22.4 Å². The summed E-state index contributed by atoms with van der Waals surface area (Å²) in [4.78, 5) is 15.0. The van der Waals surface area contributed by atoms with Crippen LogP contribution in [-0.2, 0) is 16.8 Å². The smallest absolute Gasteiger partial charge is 0.235 e. The number of para-hydroxylation sites is 1. The first-order valence-corrected chi connectivity index (χ1v) is 8.34. The third kappa shape index (κ3) is 2.38. The standard InChI is InChI=1S/C20H19N3O/c21-13-15-5-7-16(8-6-15)14-23-11-9-20(10-12-23)17-3-1-2-4-18(17)22-19(20)24/h1-8H,9-12,14H2,(H,22,24). The monoisotopic (exact) mass is 317 g/mol. The van der Waals surface area contributed by atoms with Crippen molar-refractivity contribution < 1.29 is 4.79 Å². The van der Waals surface area contributed by atoms with Crippen molar-refractivity contribution in [1.82, 2.24) is 4.90 Å². The molecule has 2 aromatic carbocycles. The molecule has 0 saturated carbocycles. The molecule has 2 heterocycles. The van der Waals surface area contributed by atoms with E-state index in [1.165, 1.54) is 5.56 Å². The van der Waals surface area contributed by atoms with E-state index < -0.39 is 0 Å². The normalized spacial score (nSPS) is 18.9. The van der Waals surface area contributed by atoms with Crippen molar-refractivity contribution in [3.8, 4) is 6.07 Å². The fourth-order valence-corrected chi connectivity index (χ4v) is 3.91. The lowest BCUT2D eigenvalue weighted by atomic mass is 9.73. The van der Waals surface area contributed by atoms with Gasteiger partial charge < -0.3 is 5.32 Å². The minimum atomic E-state index is -0.349. The number of fused-ring (bicyclic) bond motifs is 2. The van der Waals surface area contributed by atoms with Crippen LogP contribution in [0.2, 0.25) is 0 Å². The molecular weight excluding hydrogens is 298 g/mol. The highest BCUT2D eigenvalue weighted by atomic mass is 16.2. The molecule has 0 atom stereocenters. The largest absolute Gasteiger partial charge is 0.325 e. The van der Waals surface area contributed by atoms with Crippen molar-refractivity contribution in [2.45, 2.75) is 24.8 Å². The zero-order chi connectivity index (χ0) is 16.6. The summed E-state index contributed by atoms with van der Waals surface area (Å²) in [5, 5.41) is 11.9. The summed E-state index contributed by atoms with van der Waals surface area (Å²) in [5.74, 6) is 0.154. The maximum absolute atomic E-state index is 12.6. The number of likely N-dealkylation sites (tertiary alicyclic amines) is 1. The van der Waals surface area contributed by atoms with Crippen LogP contribution in [0.4, 0.5) is 5.69 Å². The Kier molecular flexibility index (Phi) is 3.59. The highest BCUT2D eigenvalue weighted by Crippen LogP contribution is 2.44. The minimum absolute atomic E-state index is 0.154. The Morgan fingerprint density at radius 1 is 1.08 bits per heavy atom. The molecule has 24 heavy (non-hydrogen) atoms. The van der Waals surface area contributed by atoms with Gasteiger partial charge in [0.2, 0.25) is 5.91 Å². The van der Waals surface area contributed by atoms with Crippen LogP contribution in [0, 0.1) is 11.3 Å². The number of anilines is 1. The molecule has 1 fully saturated rings. The summed E-state index contributed by atoms with van der Waals surface area (Å²) in [6, 6.07) is 18.0. The van der Waals surface area contributed by atoms with Gasteiger partial charge in [0, 0.05) is 12.2 Å². The number of hydrogen-bond donors (Lipinski definition) is 1. The molecule has 2 aromatic rings. The number of benzene rings is 2. The molecule has 1 saturated heterocycles. The SMILES string of the molecule is N#Cc1ccc(CN2CCC3(CC2)C(=O)Nc2ccccc23)cc1. The van der Waals surface area contributed by atoms with Crippen LogP contribution in [0.1, 0.15) is 29.5 Å². The summed E-state index contributed by atoms with van der Waals surface area (Å²) in [6.07, 6.45) is 1.71. The Morgan fingerprint density at radius 3 is 2.50 bits per heavy atom. The molecule has 120 valence electrons. The molecule has 4 heteroatoms. The molecule has 4 rings (SSSR count). The van der Waals surface area contributed by atoms with Gasteiger partial charge in [0.15, 0.2) is 0 Å². The van der Waals surface area contributed by atoms with E-state index in [-0.39, 0.29) is 11.3 Å². The van der Waals surface area contributed by atoms with Gasteiger partial charge in [0.25, 0.3) is 0 Å². The van der Waals surface area contributed by atoms with Crippen LogP contribution in [0.3, 0.4) is 0 Å². The van der Waals surface area contributed by atoms with E-state index in [0.29, 0.717) is 5.56 Å². The molecule has 2 aliphatic rings. The second-order valence-corrected chi connectivity index (χ2v) is 6.67. The molecule has 0 aromatic heterocycles. The first-order chi connectivity index (χ1) is 11.7. The molecule has 0 radical (unpaired) electrons. The summed E-state index contributed by atoms with van der Waals surface area (Å²) in [7, 11) is 0. The molecule has 4 nitrogen and oxygen atoms in total. The van der Waals surface area contributed by atoms with Crippen LogP contribution in [-0.4, -0.2) is 23.9 Å². The van der Waals surface area contributed by atoms with Crippen LogP contribution in [0.5, 0.6) is 0 Å². The van der Waals surface area contributed by atoms with Crippen molar-refractivity contribution in [1.29, 1.82) is 5.26 Å². The third-order valence-electron chi connectivity index (χ3n) is 5.32. The van der Waals surface area contributed by atoms with E-state index in [1.54, 1.807) is 0 Å². The predicted molar refractivity (Wildman–Crippen MR) is 92.4 cm³/mol. The lowest BCUT2D eigenvalue weighted by Crippen LogP contribution is -2.46. The number of nitriles is 1. The highest BCUT2D eigenvalue weighted by Gasteiger charge is 2.48. The minimum Gasteiger partial charge on any atom is -0.325 e. The van der Waals surface area contributed by atoms with Crippen LogP contribution >= 0.6 is 0 Å². The Hall–Kier alpha value is -2.64. The highest BCUT2D eigenvalue weighted by molar-refractivity contribution is 6.06. The number of nitrogens with zero attached hydrogens (tertiary/aromatic N) is 2. The second kappa shape index (κ2) is 5.77. The topological polar surface area (TPSA) is 56.1 Å². The summed E-state index contributed by atoms with van der Waals surface area (Å²) in [6.45, 7) is 2.68. The first kappa shape index (κ1) is 14.9. The fraction of sp³-hybridized carbons (Fsp3) is 0.300. The van der Waals surface area contributed by atoms with E-state index in [4.69, 9.17) is 5.26 Å². The Morgan fingerprint density at radius 2 is 1.79 bits per heavy atom. The van der Waals surface area contributed by atoms with Gasteiger partial charge in [-0.2, -0.15) is 5.26 Å². The number of amides is 1. The molecule has 1 spiro atoms. The van der Waals surface area contributed by atoms with E-state index >= 15 is 0 Å². The van der Waals surface area contributed by atoms with Gasteiger partial charge >= 0.3 is 0 Å². The van der Waals surface area contributed by atoms with Crippen LogP contribution in [0.25, 0.3) is 0 Å². The molecule has 0 aliphatic carbocycles. The van der Waals surface area contributed by atoms with E-state index in [9.17, 15) is 4.79 Å². The van der Waals surface area contributed by atoms with Crippen molar-refractivity contribution in [2.24, 2.45) is 0 Å². The van der Waals surface area contributed by atoms with Crippen LogP contribution < -0.4 is 5.32 Å². The van der Waals surface area contributed by atoms with Gasteiger partial charge in [-0.15, -0.1) is 0 Å². The summed E-state index contributed by atoms with van der Waals surface area (Å²) < 4.78 is 0. The van der Waals surface area contributed by atoms with Crippen LogP contribution in [0.15, 0.2) is 48.5 Å². The van der Waals surface area contributed by atoms with E-state index in [1.807, 2.05) is 42.5 Å². The van der Waals surface area contributed by atoms with Crippen molar-refractivity contribution in [3.63, 3.8) is 0 Å². The van der Waals surface area contributed by atoms with Gasteiger partial charge in [-0.25, -0.2) is 0 Å². The number of carbonyl (C=O) groups excluding carboxylic acids is 1. The molecular formula is C20H19N3O. The quantitative estimate of drug-likeness (QED) is 0.926. The first-order valence-electron chi connectivity index (χ1n) is 8.34. The molecule has 1 amide bonds. The molecule has 0 bridgehead atoms. The maximum Gasteiger partial charge on any atom is 0.235 e. The molecule has 1 N–H and O–H groups in total. The lowest BCUT2D eigenvalue weighted by molar-refractivity contribution is -0.122.